The molecule has 1 aromatic rings. The van der Waals surface area contributed by atoms with Gasteiger partial charge in [-0.1, -0.05) is 24.0 Å². The van der Waals surface area contributed by atoms with Crippen LogP contribution in [-0.2, 0) is 4.74 Å². The first-order chi connectivity index (χ1) is 9.81. The number of aliphatic hydroxyl groups excluding tert-OH is 1. The molecule has 0 radical (unpaired) electrons. The average Bonchev–Trinajstić information content (AvgIpc) is 2.49. The van der Waals surface area contributed by atoms with Gasteiger partial charge in [0.2, 0.25) is 0 Å². The molecule has 106 valence electrons. The molecule has 1 unspecified atom stereocenters. The van der Waals surface area contributed by atoms with Gasteiger partial charge in [0, 0.05) is 18.6 Å². The Morgan fingerprint density at radius 1 is 1.45 bits per heavy atom. The van der Waals surface area contributed by atoms with Crippen LogP contribution in [0.1, 0.15) is 35.2 Å². The number of carbonyl (C=O) groups excluding carboxylic acids is 1. The number of hydrogen-bond acceptors (Lipinski definition) is 3. The molecule has 1 aliphatic rings. The van der Waals surface area contributed by atoms with Crippen LogP contribution >= 0.6 is 0 Å². The molecule has 4 nitrogen and oxygen atoms in total. The molecular formula is C16H19NO3. The van der Waals surface area contributed by atoms with Crippen molar-refractivity contribution in [1.82, 2.24) is 5.32 Å². The fourth-order valence-corrected chi connectivity index (χ4v) is 2.12. The summed E-state index contributed by atoms with van der Waals surface area (Å²) in [6, 6.07) is 7.33. The molecule has 1 heterocycles. The smallest absolute Gasteiger partial charge is 0.252 e. The summed E-state index contributed by atoms with van der Waals surface area (Å²) < 4.78 is 5.36. The van der Waals surface area contributed by atoms with Gasteiger partial charge in [-0.2, -0.15) is 0 Å². The molecule has 1 atom stereocenters. The standard InChI is InChI=1S/C16H19NO3/c18-10-4-3-7-13-6-1-2-9-15(13)16(19)17-14-8-5-11-20-12-14/h1-2,6,9,14,18H,4-5,8,10-12H2,(H,17,19). The molecule has 1 saturated heterocycles. The van der Waals surface area contributed by atoms with Gasteiger partial charge in [-0.05, 0) is 25.0 Å². The Bertz CT molecular complexity index is 510. The second-order valence-corrected chi connectivity index (χ2v) is 4.71. The van der Waals surface area contributed by atoms with Crippen LogP contribution in [0, 0.1) is 11.8 Å². The van der Waals surface area contributed by atoms with Gasteiger partial charge in [-0.25, -0.2) is 0 Å². The highest BCUT2D eigenvalue weighted by molar-refractivity contribution is 5.96. The second kappa shape index (κ2) is 7.68. The zero-order chi connectivity index (χ0) is 14.2. The van der Waals surface area contributed by atoms with E-state index in [1.165, 1.54) is 0 Å². The van der Waals surface area contributed by atoms with Gasteiger partial charge in [-0.15, -0.1) is 0 Å². The van der Waals surface area contributed by atoms with Crippen LogP contribution in [-0.4, -0.2) is 36.9 Å². The summed E-state index contributed by atoms with van der Waals surface area (Å²) in [5, 5.41) is 11.7. The van der Waals surface area contributed by atoms with Crippen LogP contribution in [0.3, 0.4) is 0 Å². The first kappa shape index (κ1) is 14.6. The molecule has 20 heavy (non-hydrogen) atoms. The van der Waals surface area contributed by atoms with E-state index >= 15 is 0 Å². The van der Waals surface area contributed by atoms with E-state index in [0.29, 0.717) is 24.2 Å². The third-order valence-electron chi connectivity index (χ3n) is 3.13. The van der Waals surface area contributed by atoms with E-state index in [1.807, 2.05) is 18.2 Å². The van der Waals surface area contributed by atoms with Crippen molar-refractivity contribution in [2.24, 2.45) is 0 Å². The monoisotopic (exact) mass is 273 g/mol. The van der Waals surface area contributed by atoms with E-state index < -0.39 is 0 Å². The predicted octanol–water partition coefficient (Wildman–Crippen LogP) is 1.33. The molecule has 0 aromatic heterocycles. The lowest BCUT2D eigenvalue weighted by atomic mass is 10.1. The van der Waals surface area contributed by atoms with E-state index in [-0.39, 0.29) is 18.6 Å². The molecule has 4 heteroatoms. The third kappa shape index (κ3) is 4.09. The maximum atomic E-state index is 12.3. The van der Waals surface area contributed by atoms with Gasteiger partial charge in [0.15, 0.2) is 0 Å². The Kier molecular flexibility index (Phi) is 5.60. The summed E-state index contributed by atoms with van der Waals surface area (Å²) >= 11 is 0. The van der Waals surface area contributed by atoms with Crippen molar-refractivity contribution in [3.05, 3.63) is 35.4 Å². The highest BCUT2D eigenvalue weighted by atomic mass is 16.5. The van der Waals surface area contributed by atoms with Gasteiger partial charge < -0.3 is 15.2 Å². The van der Waals surface area contributed by atoms with Crippen LogP contribution in [0.15, 0.2) is 24.3 Å². The Hall–Kier alpha value is -1.83. The van der Waals surface area contributed by atoms with Crippen LogP contribution in [0.5, 0.6) is 0 Å². The number of carbonyl (C=O) groups is 1. The SMILES string of the molecule is O=C(NC1CCCOC1)c1ccccc1C#CCCO. The van der Waals surface area contributed by atoms with E-state index in [0.717, 1.165) is 19.4 Å². The van der Waals surface area contributed by atoms with E-state index in [2.05, 4.69) is 17.2 Å². The number of amides is 1. The van der Waals surface area contributed by atoms with Gasteiger partial charge in [-0.3, -0.25) is 4.79 Å². The van der Waals surface area contributed by atoms with Crippen molar-refractivity contribution in [3.63, 3.8) is 0 Å². The zero-order valence-electron chi connectivity index (χ0n) is 11.4. The average molecular weight is 273 g/mol. The highest BCUT2D eigenvalue weighted by Gasteiger charge is 2.18. The number of aliphatic hydroxyl groups is 1. The Balaban J connectivity index is 2.07. The van der Waals surface area contributed by atoms with E-state index in [1.54, 1.807) is 6.07 Å². The summed E-state index contributed by atoms with van der Waals surface area (Å²) in [7, 11) is 0. The number of nitrogens with one attached hydrogen (secondary N) is 1. The Labute approximate surface area is 119 Å². The maximum absolute atomic E-state index is 12.3. The lowest BCUT2D eigenvalue weighted by Gasteiger charge is -2.23. The first-order valence-electron chi connectivity index (χ1n) is 6.88. The normalized spacial score (nSPS) is 17.9. The number of benzene rings is 1. The zero-order valence-corrected chi connectivity index (χ0v) is 11.4. The lowest BCUT2D eigenvalue weighted by Crippen LogP contribution is -2.40. The van der Waals surface area contributed by atoms with Crippen molar-refractivity contribution >= 4 is 5.91 Å². The summed E-state index contributed by atoms with van der Waals surface area (Å²) in [5.74, 6) is 5.66. The largest absolute Gasteiger partial charge is 0.395 e. The summed E-state index contributed by atoms with van der Waals surface area (Å²) in [6.07, 6.45) is 2.33. The molecule has 1 amide bonds. The molecule has 0 bridgehead atoms. The van der Waals surface area contributed by atoms with Gasteiger partial charge in [0.25, 0.3) is 5.91 Å². The molecule has 0 saturated carbocycles. The molecule has 0 aliphatic carbocycles. The van der Waals surface area contributed by atoms with Crippen molar-refractivity contribution in [1.29, 1.82) is 0 Å². The van der Waals surface area contributed by atoms with Crippen LogP contribution in [0.4, 0.5) is 0 Å². The van der Waals surface area contributed by atoms with Gasteiger partial charge >= 0.3 is 0 Å². The van der Waals surface area contributed by atoms with Gasteiger partial charge in [0.05, 0.1) is 24.8 Å². The highest BCUT2D eigenvalue weighted by Crippen LogP contribution is 2.10. The molecule has 0 spiro atoms. The van der Waals surface area contributed by atoms with Crippen LogP contribution < -0.4 is 5.32 Å². The minimum atomic E-state index is -0.116. The van der Waals surface area contributed by atoms with Crippen molar-refractivity contribution in [2.75, 3.05) is 19.8 Å². The molecule has 1 fully saturated rings. The number of rotatable bonds is 3. The molecule has 1 aromatic carbocycles. The summed E-state index contributed by atoms with van der Waals surface area (Å²) in [5.41, 5.74) is 1.26. The first-order valence-corrected chi connectivity index (χ1v) is 6.88. The third-order valence-corrected chi connectivity index (χ3v) is 3.13. The number of hydrogen-bond donors (Lipinski definition) is 2. The van der Waals surface area contributed by atoms with E-state index in [4.69, 9.17) is 9.84 Å². The second-order valence-electron chi connectivity index (χ2n) is 4.71. The Morgan fingerprint density at radius 2 is 2.30 bits per heavy atom. The molecular weight excluding hydrogens is 254 g/mol. The minimum absolute atomic E-state index is 0.0285. The topological polar surface area (TPSA) is 58.6 Å². The predicted molar refractivity (Wildman–Crippen MR) is 76.3 cm³/mol. The maximum Gasteiger partial charge on any atom is 0.252 e. The lowest BCUT2D eigenvalue weighted by molar-refractivity contribution is 0.0624. The molecule has 1 aliphatic heterocycles. The van der Waals surface area contributed by atoms with E-state index in [9.17, 15) is 4.79 Å². The van der Waals surface area contributed by atoms with Crippen molar-refractivity contribution in [2.45, 2.75) is 25.3 Å². The molecule has 2 rings (SSSR count). The molecule has 2 N–H and O–H groups in total. The number of ether oxygens (including phenoxy) is 1. The fraction of sp³-hybridized carbons (Fsp3) is 0.438. The van der Waals surface area contributed by atoms with Crippen LogP contribution in [0.2, 0.25) is 0 Å². The minimum Gasteiger partial charge on any atom is -0.395 e. The van der Waals surface area contributed by atoms with Crippen LogP contribution in [0.25, 0.3) is 0 Å². The summed E-state index contributed by atoms with van der Waals surface area (Å²) in [6.45, 7) is 1.38. The quantitative estimate of drug-likeness (QED) is 0.817. The van der Waals surface area contributed by atoms with Gasteiger partial charge in [0.1, 0.15) is 0 Å². The van der Waals surface area contributed by atoms with Crippen molar-refractivity contribution < 1.29 is 14.6 Å². The Morgan fingerprint density at radius 3 is 3.05 bits per heavy atom. The fourth-order valence-electron chi connectivity index (χ4n) is 2.12. The summed E-state index contributed by atoms with van der Waals surface area (Å²) in [4.78, 5) is 12.3. The van der Waals surface area contributed by atoms with Crippen molar-refractivity contribution in [3.8, 4) is 11.8 Å².